The first-order valence-corrected chi connectivity index (χ1v) is 9.86. The molecule has 0 radical (unpaired) electrons. The molecule has 0 atom stereocenters. The van der Waals surface area contributed by atoms with Gasteiger partial charge in [-0.1, -0.05) is 11.8 Å². The summed E-state index contributed by atoms with van der Waals surface area (Å²) < 4.78 is 19.5. The van der Waals surface area contributed by atoms with Crippen molar-refractivity contribution in [3.63, 3.8) is 0 Å². The molecular formula is C18H11FN4O3S2. The summed E-state index contributed by atoms with van der Waals surface area (Å²) in [5, 5.41) is 20.6. The normalized spacial score (nSPS) is 10.9. The summed E-state index contributed by atoms with van der Waals surface area (Å²) >= 11 is 2.93. The molecule has 0 spiro atoms. The van der Waals surface area contributed by atoms with Gasteiger partial charge in [-0.05, 0) is 36.4 Å². The monoisotopic (exact) mass is 414 g/mol. The average molecular weight is 414 g/mol. The number of non-ortho nitro benzene ring substituents is 1. The number of nitro groups is 1. The SMILES string of the molecule is O=[N+]([O-])c1ccc(-c2nnc(CSc3nc(-c4ccc(F)cc4)cs3)o2)cc1. The van der Waals surface area contributed by atoms with Gasteiger partial charge in [0.1, 0.15) is 5.82 Å². The minimum Gasteiger partial charge on any atom is -0.420 e. The van der Waals surface area contributed by atoms with E-state index in [0.29, 0.717) is 23.1 Å². The molecule has 0 saturated heterocycles. The quantitative estimate of drug-likeness (QED) is 0.243. The molecule has 0 aliphatic carbocycles. The zero-order chi connectivity index (χ0) is 19.5. The van der Waals surface area contributed by atoms with E-state index in [0.717, 1.165) is 15.6 Å². The maximum atomic E-state index is 13.0. The molecule has 0 saturated carbocycles. The number of benzene rings is 2. The molecule has 0 N–H and O–H groups in total. The van der Waals surface area contributed by atoms with Crippen molar-refractivity contribution in [1.29, 1.82) is 0 Å². The number of hydrogen-bond acceptors (Lipinski definition) is 8. The summed E-state index contributed by atoms with van der Waals surface area (Å²) in [4.78, 5) is 14.8. The Labute approximate surface area is 166 Å². The van der Waals surface area contributed by atoms with E-state index in [9.17, 15) is 14.5 Å². The van der Waals surface area contributed by atoms with Crippen LogP contribution >= 0.6 is 23.1 Å². The number of nitro benzene ring substituents is 1. The third-order valence-electron chi connectivity index (χ3n) is 3.73. The number of hydrogen-bond donors (Lipinski definition) is 0. The summed E-state index contributed by atoms with van der Waals surface area (Å²) in [7, 11) is 0. The Kier molecular flexibility index (Phi) is 5.13. The van der Waals surface area contributed by atoms with Crippen molar-refractivity contribution in [1.82, 2.24) is 15.2 Å². The molecule has 0 unspecified atom stereocenters. The zero-order valence-corrected chi connectivity index (χ0v) is 15.7. The van der Waals surface area contributed by atoms with Crippen LogP contribution in [0.2, 0.25) is 0 Å². The Hall–Kier alpha value is -3.11. The van der Waals surface area contributed by atoms with Gasteiger partial charge in [0.05, 0.1) is 16.4 Å². The van der Waals surface area contributed by atoms with Crippen LogP contribution in [0.25, 0.3) is 22.7 Å². The molecule has 28 heavy (non-hydrogen) atoms. The lowest BCUT2D eigenvalue weighted by Gasteiger charge is -1.96. The first-order valence-electron chi connectivity index (χ1n) is 8.00. The number of thioether (sulfide) groups is 1. The lowest BCUT2D eigenvalue weighted by molar-refractivity contribution is -0.384. The molecular weight excluding hydrogens is 403 g/mol. The van der Waals surface area contributed by atoms with Crippen LogP contribution in [0.1, 0.15) is 5.89 Å². The predicted molar refractivity (Wildman–Crippen MR) is 103 cm³/mol. The number of thiazole rings is 1. The van der Waals surface area contributed by atoms with Crippen LogP contribution < -0.4 is 0 Å². The van der Waals surface area contributed by atoms with E-state index >= 15 is 0 Å². The molecule has 0 bridgehead atoms. The topological polar surface area (TPSA) is 95.0 Å². The fourth-order valence-electron chi connectivity index (χ4n) is 2.35. The summed E-state index contributed by atoms with van der Waals surface area (Å²) in [6, 6.07) is 12.1. The highest BCUT2D eigenvalue weighted by Gasteiger charge is 2.12. The minimum absolute atomic E-state index is 0.000210. The van der Waals surface area contributed by atoms with Crippen LogP contribution in [0.3, 0.4) is 0 Å². The van der Waals surface area contributed by atoms with Gasteiger partial charge in [0.2, 0.25) is 11.8 Å². The maximum Gasteiger partial charge on any atom is 0.269 e. The summed E-state index contributed by atoms with van der Waals surface area (Å²) in [6.07, 6.45) is 0. The highest BCUT2D eigenvalue weighted by Crippen LogP contribution is 2.31. The molecule has 7 nitrogen and oxygen atoms in total. The fraction of sp³-hybridized carbons (Fsp3) is 0.0556. The average Bonchev–Trinajstić information content (AvgIpc) is 3.37. The van der Waals surface area contributed by atoms with Crippen molar-refractivity contribution in [3.8, 4) is 22.7 Å². The Morgan fingerprint density at radius 1 is 1.07 bits per heavy atom. The summed E-state index contributed by atoms with van der Waals surface area (Å²) in [6.45, 7) is 0. The Morgan fingerprint density at radius 2 is 1.79 bits per heavy atom. The smallest absolute Gasteiger partial charge is 0.269 e. The van der Waals surface area contributed by atoms with E-state index in [4.69, 9.17) is 4.42 Å². The number of rotatable bonds is 6. The largest absolute Gasteiger partial charge is 0.420 e. The Balaban J connectivity index is 1.41. The van der Waals surface area contributed by atoms with E-state index in [1.807, 2.05) is 5.38 Å². The second kappa shape index (κ2) is 7.87. The van der Waals surface area contributed by atoms with Gasteiger partial charge in [0.25, 0.3) is 5.69 Å². The van der Waals surface area contributed by atoms with Gasteiger partial charge in [-0.15, -0.1) is 21.5 Å². The van der Waals surface area contributed by atoms with E-state index < -0.39 is 4.92 Å². The van der Waals surface area contributed by atoms with Crippen molar-refractivity contribution in [2.75, 3.05) is 0 Å². The molecule has 2 heterocycles. The van der Waals surface area contributed by atoms with Gasteiger partial charge in [0.15, 0.2) is 4.34 Å². The molecule has 0 aliphatic rings. The maximum absolute atomic E-state index is 13.0. The lowest BCUT2D eigenvalue weighted by Crippen LogP contribution is -1.87. The summed E-state index contributed by atoms with van der Waals surface area (Å²) in [5.74, 6) is 0.887. The predicted octanol–water partition coefficient (Wildman–Crippen LogP) is 5.20. The first kappa shape index (κ1) is 18.3. The number of aromatic nitrogens is 3. The van der Waals surface area contributed by atoms with Crippen molar-refractivity contribution >= 4 is 28.8 Å². The van der Waals surface area contributed by atoms with Gasteiger partial charge in [-0.25, -0.2) is 9.37 Å². The fourth-order valence-corrected chi connectivity index (χ4v) is 4.03. The molecule has 4 rings (SSSR count). The van der Waals surface area contributed by atoms with Crippen molar-refractivity contribution in [2.24, 2.45) is 0 Å². The highest BCUT2D eigenvalue weighted by molar-refractivity contribution is 8.00. The van der Waals surface area contributed by atoms with Crippen molar-refractivity contribution in [2.45, 2.75) is 10.1 Å². The van der Waals surface area contributed by atoms with Crippen LogP contribution in [-0.4, -0.2) is 20.1 Å². The van der Waals surface area contributed by atoms with E-state index in [2.05, 4.69) is 15.2 Å². The summed E-state index contributed by atoms with van der Waals surface area (Å²) in [5.41, 5.74) is 2.24. The second-order valence-electron chi connectivity index (χ2n) is 5.60. The first-order chi connectivity index (χ1) is 13.6. The zero-order valence-electron chi connectivity index (χ0n) is 14.1. The minimum atomic E-state index is -0.464. The van der Waals surface area contributed by atoms with Crippen LogP contribution in [0.4, 0.5) is 10.1 Å². The van der Waals surface area contributed by atoms with E-state index in [1.54, 1.807) is 24.3 Å². The number of halogens is 1. The highest BCUT2D eigenvalue weighted by atomic mass is 32.2. The van der Waals surface area contributed by atoms with Gasteiger partial charge >= 0.3 is 0 Å². The van der Waals surface area contributed by atoms with Crippen LogP contribution in [0.15, 0.2) is 62.7 Å². The molecule has 0 aliphatic heterocycles. The van der Waals surface area contributed by atoms with Gasteiger partial charge in [-0.3, -0.25) is 10.1 Å². The van der Waals surface area contributed by atoms with Crippen molar-refractivity contribution in [3.05, 3.63) is 75.7 Å². The molecule has 4 aromatic rings. The molecule has 0 amide bonds. The van der Waals surface area contributed by atoms with Crippen LogP contribution in [0, 0.1) is 15.9 Å². The van der Waals surface area contributed by atoms with Crippen LogP contribution in [-0.2, 0) is 5.75 Å². The van der Waals surface area contributed by atoms with E-state index in [1.165, 1.54) is 47.4 Å². The van der Waals surface area contributed by atoms with Crippen molar-refractivity contribution < 1.29 is 13.7 Å². The van der Waals surface area contributed by atoms with E-state index in [-0.39, 0.29) is 11.5 Å². The third-order valence-corrected chi connectivity index (χ3v) is 5.74. The molecule has 2 aromatic heterocycles. The van der Waals surface area contributed by atoms with Gasteiger partial charge < -0.3 is 4.42 Å². The van der Waals surface area contributed by atoms with Crippen LogP contribution in [0.5, 0.6) is 0 Å². The third kappa shape index (κ3) is 4.07. The molecule has 10 heteroatoms. The number of nitrogens with zero attached hydrogens (tertiary/aromatic N) is 4. The molecule has 0 fully saturated rings. The lowest BCUT2D eigenvalue weighted by atomic mass is 10.2. The van der Waals surface area contributed by atoms with Gasteiger partial charge in [-0.2, -0.15) is 0 Å². The Bertz CT molecular complexity index is 1110. The standard InChI is InChI=1S/C18H11FN4O3S2/c19-13-5-1-11(2-6-13)15-9-27-18(20-15)28-10-16-21-22-17(26-16)12-3-7-14(8-4-12)23(24)25/h1-9H,10H2. The molecule has 140 valence electrons. The van der Waals surface area contributed by atoms with Gasteiger partial charge in [0, 0.05) is 28.6 Å². The second-order valence-corrected chi connectivity index (χ2v) is 7.68. The molecule has 2 aromatic carbocycles. The Morgan fingerprint density at radius 3 is 2.50 bits per heavy atom.